The van der Waals surface area contributed by atoms with Crippen LogP contribution in [0.5, 0.6) is 11.5 Å². The molecular formula is C19H22N4O6. The number of esters is 1. The maximum absolute atomic E-state index is 12.5. The van der Waals surface area contributed by atoms with E-state index in [4.69, 9.17) is 9.47 Å². The first-order chi connectivity index (χ1) is 14.0. The molecular weight excluding hydrogens is 380 g/mol. The van der Waals surface area contributed by atoms with Crippen LogP contribution in [0.25, 0.3) is 0 Å². The van der Waals surface area contributed by atoms with E-state index in [-0.39, 0.29) is 24.8 Å². The van der Waals surface area contributed by atoms with Crippen molar-refractivity contribution in [3.05, 3.63) is 41.2 Å². The van der Waals surface area contributed by atoms with Gasteiger partial charge in [0.15, 0.2) is 12.3 Å². The Kier molecular flexibility index (Phi) is 6.32. The van der Waals surface area contributed by atoms with Gasteiger partial charge in [-0.1, -0.05) is 6.07 Å². The van der Waals surface area contributed by atoms with Crippen molar-refractivity contribution in [2.75, 3.05) is 33.9 Å². The van der Waals surface area contributed by atoms with Crippen LogP contribution < -0.4 is 14.8 Å². The number of methoxy groups -OCH3 is 2. The molecule has 1 aromatic carbocycles. The Morgan fingerprint density at radius 3 is 2.79 bits per heavy atom. The number of hydrogen-bond donors (Lipinski definition) is 2. The molecule has 0 aliphatic carbocycles. The monoisotopic (exact) mass is 402 g/mol. The van der Waals surface area contributed by atoms with Gasteiger partial charge in [0.05, 0.1) is 26.5 Å². The van der Waals surface area contributed by atoms with Crippen LogP contribution in [0, 0.1) is 0 Å². The van der Waals surface area contributed by atoms with Gasteiger partial charge in [-0.15, -0.1) is 0 Å². The van der Waals surface area contributed by atoms with Crippen molar-refractivity contribution < 1.29 is 28.6 Å². The molecule has 2 N–H and O–H groups in total. The van der Waals surface area contributed by atoms with E-state index in [1.54, 1.807) is 36.3 Å². The predicted molar refractivity (Wildman–Crippen MR) is 101 cm³/mol. The fraction of sp³-hybridized carbons (Fsp3) is 0.368. The summed E-state index contributed by atoms with van der Waals surface area (Å²) in [7, 11) is 2.80. The third-order valence-electron chi connectivity index (χ3n) is 4.53. The largest absolute Gasteiger partial charge is 0.497 e. The van der Waals surface area contributed by atoms with Crippen LogP contribution in [0.15, 0.2) is 24.3 Å². The highest BCUT2D eigenvalue weighted by atomic mass is 16.5. The molecule has 1 aliphatic heterocycles. The third-order valence-corrected chi connectivity index (χ3v) is 4.53. The molecule has 0 atom stereocenters. The summed E-state index contributed by atoms with van der Waals surface area (Å²) in [5, 5.41) is 9.30. The van der Waals surface area contributed by atoms with Crippen LogP contribution in [-0.4, -0.2) is 66.8 Å². The van der Waals surface area contributed by atoms with E-state index in [1.165, 1.54) is 7.11 Å². The molecule has 1 aliphatic rings. The number of ether oxygens (including phenoxy) is 3. The van der Waals surface area contributed by atoms with Crippen LogP contribution in [0.2, 0.25) is 0 Å². The number of amides is 2. The molecule has 29 heavy (non-hydrogen) atoms. The molecule has 2 amide bonds. The molecule has 1 aromatic heterocycles. The maximum atomic E-state index is 12.5. The number of rotatable bonds is 7. The summed E-state index contributed by atoms with van der Waals surface area (Å²) in [6.07, 6.45) is 0.470. The number of hydrogen-bond acceptors (Lipinski definition) is 7. The van der Waals surface area contributed by atoms with Gasteiger partial charge < -0.3 is 24.4 Å². The molecule has 0 unspecified atom stereocenters. The minimum Gasteiger partial charge on any atom is -0.497 e. The molecule has 0 radical (unpaired) electrons. The van der Waals surface area contributed by atoms with Crippen molar-refractivity contribution >= 4 is 17.8 Å². The molecule has 10 nitrogen and oxygen atoms in total. The zero-order valence-electron chi connectivity index (χ0n) is 16.2. The molecule has 0 fully saturated rings. The number of carbonyl (C=O) groups excluding carboxylic acids is 3. The molecule has 2 aromatic rings. The quantitative estimate of drug-likeness (QED) is 0.638. The molecule has 0 saturated heterocycles. The van der Waals surface area contributed by atoms with E-state index in [1.807, 2.05) is 0 Å². The fourth-order valence-corrected chi connectivity index (χ4v) is 2.95. The van der Waals surface area contributed by atoms with Gasteiger partial charge in [0.2, 0.25) is 0 Å². The fourth-order valence-electron chi connectivity index (χ4n) is 2.95. The van der Waals surface area contributed by atoms with Crippen LogP contribution in [0.3, 0.4) is 0 Å². The van der Waals surface area contributed by atoms with Crippen molar-refractivity contribution in [3.8, 4) is 11.5 Å². The minimum absolute atomic E-state index is 0.108. The van der Waals surface area contributed by atoms with Crippen molar-refractivity contribution in [3.63, 3.8) is 0 Å². The second-order valence-electron chi connectivity index (χ2n) is 6.32. The standard InChI is InChI=1S/C19H22N4O6/c1-27-12-4-3-5-13(8-12)29-11-16(24)23-7-6-14-15(10-23)21-22-18(14)19(26)20-9-17(25)28-2/h3-5,8H,6-7,9-11H2,1-2H3,(H,20,26)(H,21,22). The lowest BCUT2D eigenvalue weighted by Crippen LogP contribution is -2.39. The normalized spacial score (nSPS) is 12.7. The molecule has 2 heterocycles. The lowest BCUT2D eigenvalue weighted by atomic mass is 10.0. The number of aromatic nitrogens is 2. The van der Waals surface area contributed by atoms with Crippen molar-refractivity contribution in [1.29, 1.82) is 0 Å². The molecule has 10 heteroatoms. The number of nitrogens with zero attached hydrogens (tertiary/aromatic N) is 2. The first kappa shape index (κ1) is 20.2. The lowest BCUT2D eigenvalue weighted by molar-refractivity contribution is -0.139. The van der Waals surface area contributed by atoms with Gasteiger partial charge >= 0.3 is 5.97 Å². The average Bonchev–Trinajstić information content (AvgIpc) is 3.19. The summed E-state index contributed by atoms with van der Waals surface area (Å²) in [5.74, 6) is 0.00360. The minimum atomic E-state index is -0.546. The van der Waals surface area contributed by atoms with Crippen molar-refractivity contribution in [2.24, 2.45) is 0 Å². The third kappa shape index (κ3) is 4.84. The van der Waals surface area contributed by atoms with Crippen LogP contribution in [0.1, 0.15) is 21.7 Å². The van der Waals surface area contributed by atoms with E-state index in [0.717, 1.165) is 5.56 Å². The molecule has 154 valence electrons. The molecule has 3 rings (SSSR count). The number of nitrogens with one attached hydrogen (secondary N) is 2. The second-order valence-corrected chi connectivity index (χ2v) is 6.32. The summed E-state index contributed by atoms with van der Waals surface area (Å²) in [4.78, 5) is 37.5. The second kappa shape index (κ2) is 9.09. The zero-order valence-corrected chi connectivity index (χ0v) is 16.2. The van der Waals surface area contributed by atoms with E-state index in [9.17, 15) is 14.4 Å². The highest BCUT2D eigenvalue weighted by Crippen LogP contribution is 2.21. The number of carbonyl (C=O) groups is 3. The average molecular weight is 402 g/mol. The van der Waals surface area contributed by atoms with E-state index in [2.05, 4.69) is 20.3 Å². The number of aromatic amines is 1. The Labute approximate surface area is 167 Å². The summed E-state index contributed by atoms with van der Waals surface area (Å²) >= 11 is 0. The number of benzene rings is 1. The number of fused-ring (bicyclic) bond motifs is 1. The Balaban J connectivity index is 1.57. The SMILES string of the molecule is COC(=O)CNC(=O)c1n[nH]c2c1CCN(C(=O)COc1cccc(OC)c1)C2. The number of H-pyrrole nitrogens is 1. The zero-order chi connectivity index (χ0) is 20.8. The Morgan fingerprint density at radius 2 is 2.03 bits per heavy atom. The van der Waals surface area contributed by atoms with Crippen molar-refractivity contribution in [1.82, 2.24) is 20.4 Å². The van der Waals surface area contributed by atoms with Gasteiger partial charge in [0.25, 0.3) is 11.8 Å². The van der Waals surface area contributed by atoms with Gasteiger partial charge in [-0.3, -0.25) is 19.5 Å². The van der Waals surface area contributed by atoms with Gasteiger partial charge in [-0.2, -0.15) is 5.10 Å². The van der Waals surface area contributed by atoms with E-state index in [0.29, 0.717) is 36.7 Å². The summed E-state index contributed by atoms with van der Waals surface area (Å²) in [5.41, 5.74) is 1.66. The summed E-state index contributed by atoms with van der Waals surface area (Å²) < 4.78 is 15.2. The van der Waals surface area contributed by atoms with Crippen LogP contribution in [-0.2, 0) is 27.3 Å². The van der Waals surface area contributed by atoms with E-state index >= 15 is 0 Å². The van der Waals surface area contributed by atoms with Gasteiger partial charge in [0.1, 0.15) is 18.0 Å². The predicted octanol–water partition coefficient (Wildman–Crippen LogP) is 0.285. The first-order valence-corrected chi connectivity index (χ1v) is 8.97. The topological polar surface area (TPSA) is 123 Å². The highest BCUT2D eigenvalue weighted by molar-refractivity contribution is 5.95. The van der Waals surface area contributed by atoms with Crippen LogP contribution in [0.4, 0.5) is 0 Å². The molecule has 0 spiro atoms. The van der Waals surface area contributed by atoms with Gasteiger partial charge in [-0.25, -0.2) is 0 Å². The Bertz CT molecular complexity index is 910. The van der Waals surface area contributed by atoms with Crippen molar-refractivity contribution in [2.45, 2.75) is 13.0 Å². The molecule has 0 bridgehead atoms. The van der Waals surface area contributed by atoms with Gasteiger partial charge in [0, 0.05) is 18.2 Å². The Hall–Kier alpha value is -3.56. The smallest absolute Gasteiger partial charge is 0.325 e. The first-order valence-electron chi connectivity index (χ1n) is 8.97. The van der Waals surface area contributed by atoms with E-state index < -0.39 is 11.9 Å². The summed E-state index contributed by atoms with van der Waals surface area (Å²) in [6.45, 7) is 0.392. The lowest BCUT2D eigenvalue weighted by Gasteiger charge is -2.26. The van der Waals surface area contributed by atoms with Gasteiger partial charge in [-0.05, 0) is 18.6 Å². The summed E-state index contributed by atoms with van der Waals surface area (Å²) in [6, 6.07) is 7.02. The maximum Gasteiger partial charge on any atom is 0.325 e. The highest BCUT2D eigenvalue weighted by Gasteiger charge is 2.27. The molecule has 0 saturated carbocycles. The van der Waals surface area contributed by atoms with Crippen LogP contribution >= 0.6 is 0 Å². The Morgan fingerprint density at radius 1 is 1.24 bits per heavy atom.